The summed E-state index contributed by atoms with van der Waals surface area (Å²) in [5.74, 6) is -0.207. The predicted molar refractivity (Wildman–Crippen MR) is 94.9 cm³/mol. The Bertz CT molecular complexity index is 871. The van der Waals surface area contributed by atoms with E-state index in [9.17, 15) is 13.2 Å². The lowest BCUT2D eigenvalue weighted by molar-refractivity contribution is 0.0450. The predicted octanol–water partition coefficient (Wildman–Crippen LogP) is 3.14. The Hall–Kier alpha value is -1.80. The molecule has 25 heavy (non-hydrogen) atoms. The van der Waals surface area contributed by atoms with Crippen molar-refractivity contribution >= 4 is 39.2 Å². The third kappa shape index (κ3) is 5.09. The Kier molecular flexibility index (Phi) is 6.66. The minimum absolute atomic E-state index is 0.00736. The first-order valence-corrected chi connectivity index (χ1v) is 9.36. The van der Waals surface area contributed by atoms with Crippen LogP contribution in [0, 0.1) is 0 Å². The molecule has 1 N–H and O–H groups in total. The van der Waals surface area contributed by atoms with Gasteiger partial charge in [-0.15, -0.1) is 0 Å². The second-order valence-electron chi connectivity index (χ2n) is 4.77. The molecule has 0 saturated carbocycles. The number of halogens is 2. The number of benzene rings is 2. The summed E-state index contributed by atoms with van der Waals surface area (Å²) in [4.78, 5) is 11.8. The van der Waals surface area contributed by atoms with E-state index in [4.69, 9.17) is 32.7 Å². The van der Waals surface area contributed by atoms with E-state index in [0.29, 0.717) is 10.8 Å². The van der Waals surface area contributed by atoms with Gasteiger partial charge in [-0.2, -0.15) is 0 Å². The molecule has 0 amide bonds. The van der Waals surface area contributed by atoms with Crippen molar-refractivity contribution in [3.63, 3.8) is 0 Å². The van der Waals surface area contributed by atoms with Crippen LogP contribution in [0.3, 0.4) is 0 Å². The van der Waals surface area contributed by atoms with Gasteiger partial charge >= 0.3 is 5.97 Å². The number of ether oxygens (including phenoxy) is 2. The number of nitrogens with one attached hydrogen (secondary N) is 1. The van der Waals surface area contributed by atoms with E-state index in [1.54, 1.807) is 24.3 Å². The fourth-order valence-corrected chi connectivity index (χ4v) is 3.32. The highest BCUT2D eigenvalue weighted by Gasteiger charge is 2.19. The summed E-state index contributed by atoms with van der Waals surface area (Å²) in [6.07, 6.45) is 0. The van der Waals surface area contributed by atoms with E-state index >= 15 is 0 Å². The number of hydrogen-bond acceptors (Lipinski definition) is 5. The molecular weight excluding hydrogens is 389 g/mol. The quantitative estimate of drug-likeness (QED) is 0.567. The number of hydrogen-bond donors (Lipinski definition) is 1. The molecule has 0 spiro atoms. The van der Waals surface area contributed by atoms with Gasteiger partial charge in [0.25, 0.3) is 0 Å². The van der Waals surface area contributed by atoms with E-state index in [-0.39, 0.29) is 28.7 Å². The number of carbonyl (C=O) groups excluding carboxylic acids is 1. The Morgan fingerprint density at radius 3 is 2.48 bits per heavy atom. The Labute approximate surface area is 155 Å². The van der Waals surface area contributed by atoms with Gasteiger partial charge < -0.3 is 9.47 Å². The second kappa shape index (κ2) is 8.53. The van der Waals surface area contributed by atoms with Crippen molar-refractivity contribution in [1.29, 1.82) is 0 Å². The van der Waals surface area contributed by atoms with Crippen LogP contribution in [0.4, 0.5) is 0 Å². The molecule has 2 aromatic carbocycles. The zero-order valence-corrected chi connectivity index (χ0v) is 15.5. The largest absolute Gasteiger partial charge is 0.488 e. The minimum atomic E-state index is -3.78. The van der Waals surface area contributed by atoms with Crippen LogP contribution in [0.5, 0.6) is 5.75 Å². The van der Waals surface area contributed by atoms with E-state index in [0.717, 1.165) is 6.07 Å². The lowest BCUT2D eigenvalue weighted by atomic mass is 10.2. The summed E-state index contributed by atoms with van der Waals surface area (Å²) in [5.41, 5.74) is 0.0657. The molecule has 0 fully saturated rings. The molecule has 2 aromatic rings. The summed E-state index contributed by atoms with van der Waals surface area (Å²) in [6.45, 7) is 0.0749. The smallest absolute Gasteiger partial charge is 0.338 e. The molecule has 0 radical (unpaired) electrons. The van der Waals surface area contributed by atoms with Gasteiger partial charge in [-0.25, -0.2) is 17.9 Å². The van der Waals surface area contributed by atoms with Crippen LogP contribution in [0.15, 0.2) is 47.4 Å². The zero-order chi connectivity index (χ0) is 18.4. The van der Waals surface area contributed by atoms with Crippen molar-refractivity contribution in [1.82, 2.24) is 4.72 Å². The first kappa shape index (κ1) is 19.5. The molecule has 0 atom stereocenters. The number of esters is 1. The Morgan fingerprint density at radius 1 is 1.08 bits per heavy atom. The molecule has 0 aliphatic carbocycles. The fourth-order valence-electron chi connectivity index (χ4n) is 1.88. The minimum Gasteiger partial charge on any atom is -0.488 e. The average Bonchev–Trinajstić information content (AvgIpc) is 2.60. The van der Waals surface area contributed by atoms with Crippen LogP contribution in [0.2, 0.25) is 10.0 Å². The molecule has 0 aromatic heterocycles. The number of sulfonamides is 1. The van der Waals surface area contributed by atoms with Crippen LogP contribution in [-0.4, -0.2) is 34.6 Å². The van der Waals surface area contributed by atoms with Gasteiger partial charge in [0.15, 0.2) is 0 Å². The highest BCUT2D eigenvalue weighted by Crippen LogP contribution is 2.24. The molecule has 0 heterocycles. The van der Waals surface area contributed by atoms with Gasteiger partial charge in [-0.1, -0.05) is 35.3 Å². The van der Waals surface area contributed by atoms with Crippen molar-refractivity contribution in [2.45, 2.75) is 4.90 Å². The molecule has 0 unspecified atom stereocenters. The van der Waals surface area contributed by atoms with Crippen LogP contribution in [0.25, 0.3) is 0 Å². The molecule has 134 valence electrons. The first-order chi connectivity index (χ1) is 11.8. The summed E-state index contributed by atoms with van der Waals surface area (Å²) in [6, 6.07) is 10.8. The first-order valence-electron chi connectivity index (χ1n) is 7.12. The highest BCUT2D eigenvalue weighted by atomic mass is 35.5. The molecular formula is C16H15Cl2NO5S. The maximum absolute atomic E-state index is 12.0. The van der Waals surface area contributed by atoms with Crippen molar-refractivity contribution < 1.29 is 22.7 Å². The van der Waals surface area contributed by atoms with Crippen molar-refractivity contribution in [3.05, 3.63) is 58.1 Å². The van der Waals surface area contributed by atoms with Crippen molar-refractivity contribution in [2.75, 3.05) is 20.3 Å². The number of para-hydroxylation sites is 1. The van der Waals surface area contributed by atoms with Crippen LogP contribution < -0.4 is 9.46 Å². The summed E-state index contributed by atoms with van der Waals surface area (Å²) in [7, 11) is -2.53. The Morgan fingerprint density at radius 2 is 1.80 bits per heavy atom. The highest BCUT2D eigenvalue weighted by molar-refractivity contribution is 7.89. The van der Waals surface area contributed by atoms with Gasteiger partial charge in [0.2, 0.25) is 10.0 Å². The average molecular weight is 404 g/mol. The maximum atomic E-state index is 12.0. The summed E-state index contributed by atoms with van der Waals surface area (Å²) < 4.78 is 36.3. The number of rotatable bonds is 7. The van der Waals surface area contributed by atoms with E-state index < -0.39 is 16.0 Å². The third-order valence-electron chi connectivity index (χ3n) is 3.14. The lowest BCUT2D eigenvalue weighted by Gasteiger charge is -2.10. The molecule has 6 nitrogen and oxygen atoms in total. The zero-order valence-electron chi connectivity index (χ0n) is 13.2. The lowest BCUT2D eigenvalue weighted by Crippen LogP contribution is -2.20. The molecule has 0 aliphatic heterocycles. The Balaban J connectivity index is 1.97. The molecule has 9 heteroatoms. The molecule has 2 rings (SSSR count). The fraction of sp³-hybridized carbons (Fsp3) is 0.188. The molecule has 0 bridgehead atoms. The van der Waals surface area contributed by atoms with Crippen LogP contribution in [-0.2, 0) is 14.8 Å². The normalized spacial score (nSPS) is 11.2. The van der Waals surface area contributed by atoms with E-state index in [1.807, 2.05) is 0 Å². The third-order valence-corrected chi connectivity index (χ3v) is 5.34. The second-order valence-corrected chi connectivity index (χ2v) is 7.44. The maximum Gasteiger partial charge on any atom is 0.338 e. The molecule has 0 aliphatic rings. The summed E-state index contributed by atoms with van der Waals surface area (Å²) >= 11 is 11.8. The monoisotopic (exact) mass is 403 g/mol. The van der Waals surface area contributed by atoms with Gasteiger partial charge in [-0.05, 0) is 37.4 Å². The molecule has 0 saturated heterocycles. The van der Waals surface area contributed by atoms with Crippen molar-refractivity contribution in [3.8, 4) is 5.75 Å². The van der Waals surface area contributed by atoms with E-state index in [2.05, 4.69) is 4.72 Å². The van der Waals surface area contributed by atoms with Crippen LogP contribution in [0.1, 0.15) is 10.4 Å². The van der Waals surface area contributed by atoms with Gasteiger partial charge in [0.05, 0.1) is 15.6 Å². The standard InChI is InChI=1S/C16H15Cl2NO5S/c1-19-25(21,22)15-10-11(6-7-13(15)18)16(20)24-9-8-23-14-5-3-2-4-12(14)17/h2-7,10,19H,8-9H2,1H3. The van der Waals surface area contributed by atoms with Gasteiger partial charge in [0.1, 0.15) is 23.9 Å². The summed E-state index contributed by atoms with van der Waals surface area (Å²) in [5, 5.41) is 0.460. The van der Waals surface area contributed by atoms with Gasteiger partial charge in [0, 0.05) is 0 Å². The SMILES string of the molecule is CNS(=O)(=O)c1cc(C(=O)OCCOc2ccccc2Cl)ccc1Cl. The van der Waals surface area contributed by atoms with Crippen molar-refractivity contribution in [2.24, 2.45) is 0 Å². The van der Waals surface area contributed by atoms with Gasteiger partial charge in [-0.3, -0.25) is 0 Å². The van der Waals surface area contributed by atoms with E-state index in [1.165, 1.54) is 19.2 Å². The number of carbonyl (C=O) groups is 1. The topological polar surface area (TPSA) is 81.7 Å². The van der Waals surface area contributed by atoms with Crippen LogP contribution >= 0.6 is 23.2 Å².